The van der Waals surface area contributed by atoms with Crippen molar-refractivity contribution in [1.29, 1.82) is 0 Å². The van der Waals surface area contributed by atoms with Crippen LogP contribution in [0.15, 0.2) is 41.7 Å². The van der Waals surface area contributed by atoms with E-state index in [-0.39, 0.29) is 18.6 Å². The predicted octanol–water partition coefficient (Wildman–Crippen LogP) is 4.01. The van der Waals surface area contributed by atoms with Crippen LogP contribution < -0.4 is 4.90 Å². The molecule has 31 heavy (non-hydrogen) atoms. The van der Waals surface area contributed by atoms with E-state index < -0.39 is 11.0 Å². The van der Waals surface area contributed by atoms with Gasteiger partial charge in [-0.1, -0.05) is 42.1 Å². The van der Waals surface area contributed by atoms with E-state index in [1.54, 1.807) is 11.1 Å². The Kier molecular flexibility index (Phi) is 5.68. The number of hydrogen-bond donors (Lipinski definition) is 0. The number of likely N-dealkylation sites (tertiary alicyclic amines) is 1. The molecule has 3 heterocycles. The maximum Gasteiger partial charge on any atom is 0.410 e. The molecule has 164 valence electrons. The summed E-state index contributed by atoms with van der Waals surface area (Å²) in [4.78, 5) is 38.9. The molecule has 2 aliphatic rings. The number of thioether (sulfide) groups is 1. The van der Waals surface area contributed by atoms with Crippen molar-refractivity contribution in [2.75, 3.05) is 24.2 Å². The van der Waals surface area contributed by atoms with Crippen LogP contribution in [0.2, 0.25) is 0 Å². The van der Waals surface area contributed by atoms with Gasteiger partial charge in [-0.3, -0.25) is 9.69 Å². The maximum atomic E-state index is 13.7. The van der Waals surface area contributed by atoms with E-state index in [0.717, 1.165) is 11.1 Å². The van der Waals surface area contributed by atoms with Gasteiger partial charge in [0.1, 0.15) is 12.4 Å². The second-order valence-electron chi connectivity index (χ2n) is 9.01. The third kappa shape index (κ3) is 3.89. The average Bonchev–Trinajstić information content (AvgIpc) is 3.00. The fourth-order valence-electron chi connectivity index (χ4n) is 4.38. The number of carbonyl (C=O) groups excluding carboxylic acids is 2. The number of hydrogen-bond acceptors (Lipinski definition) is 6. The van der Waals surface area contributed by atoms with Crippen LogP contribution in [0.5, 0.6) is 0 Å². The van der Waals surface area contributed by atoms with E-state index in [9.17, 15) is 9.59 Å². The summed E-state index contributed by atoms with van der Waals surface area (Å²) in [6.45, 7) is 7.22. The van der Waals surface area contributed by atoms with E-state index in [0.29, 0.717) is 36.9 Å². The van der Waals surface area contributed by atoms with Crippen LogP contribution in [-0.4, -0.2) is 51.8 Å². The lowest BCUT2D eigenvalue weighted by atomic mass is 9.74. The summed E-state index contributed by atoms with van der Waals surface area (Å²) < 4.78 is 5.48. The highest BCUT2D eigenvalue weighted by molar-refractivity contribution is 7.98. The monoisotopic (exact) mass is 440 g/mol. The van der Waals surface area contributed by atoms with Gasteiger partial charge in [-0.05, 0) is 45.4 Å². The molecule has 1 saturated heterocycles. The topological polar surface area (TPSA) is 75.6 Å². The van der Waals surface area contributed by atoms with Gasteiger partial charge in [0.25, 0.3) is 0 Å². The van der Waals surface area contributed by atoms with Crippen molar-refractivity contribution in [3.05, 3.63) is 47.7 Å². The SMILES string of the molecule is CSc1ncc2c(n1)N(C(C)(C)C)C(=O)C21CCN(C(=O)OCc2ccccc2)CC1. The zero-order chi connectivity index (χ0) is 22.2. The third-order valence-electron chi connectivity index (χ3n) is 6.02. The van der Waals surface area contributed by atoms with Gasteiger partial charge in [-0.15, -0.1) is 0 Å². The molecule has 1 spiro atoms. The minimum absolute atomic E-state index is 0.0554. The van der Waals surface area contributed by atoms with Gasteiger partial charge < -0.3 is 9.64 Å². The van der Waals surface area contributed by atoms with Crippen molar-refractivity contribution in [3.8, 4) is 0 Å². The first-order chi connectivity index (χ1) is 14.8. The van der Waals surface area contributed by atoms with Gasteiger partial charge in [0.15, 0.2) is 5.16 Å². The number of anilines is 1. The van der Waals surface area contributed by atoms with Gasteiger partial charge >= 0.3 is 6.09 Å². The minimum atomic E-state index is -0.685. The lowest BCUT2D eigenvalue weighted by Crippen LogP contribution is -2.53. The largest absolute Gasteiger partial charge is 0.445 e. The Labute approximate surface area is 187 Å². The number of piperidine rings is 1. The molecule has 2 aromatic rings. The molecule has 2 amide bonds. The molecule has 0 saturated carbocycles. The van der Waals surface area contributed by atoms with Gasteiger partial charge in [0, 0.05) is 30.4 Å². The molecule has 0 unspecified atom stereocenters. The predicted molar refractivity (Wildman–Crippen MR) is 120 cm³/mol. The zero-order valence-corrected chi connectivity index (χ0v) is 19.2. The molecule has 0 atom stereocenters. The molecular weight excluding hydrogens is 412 g/mol. The van der Waals surface area contributed by atoms with Gasteiger partial charge in [-0.25, -0.2) is 14.8 Å². The zero-order valence-electron chi connectivity index (χ0n) is 18.4. The Balaban J connectivity index is 1.52. The minimum Gasteiger partial charge on any atom is -0.445 e. The Morgan fingerprint density at radius 1 is 1.19 bits per heavy atom. The smallest absolute Gasteiger partial charge is 0.410 e. The van der Waals surface area contributed by atoms with Crippen LogP contribution in [0.1, 0.15) is 44.7 Å². The number of ether oxygens (including phenoxy) is 1. The van der Waals surface area contributed by atoms with Crippen molar-refractivity contribution in [2.45, 2.75) is 56.3 Å². The van der Waals surface area contributed by atoms with Crippen LogP contribution >= 0.6 is 11.8 Å². The molecule has 8 heteroatoms. The summed E-state index contributed by atoms with van der Waals surface area (Å²) in [5, 5.41) is 0.653. The highest BCUT2D eigenvalue weighted by atomic mass is 32.2. The van der Waals surface area contributed by atoms with Gasteiger partial charge in [-0.2, -0.15) is 0 Å². The van der Waals surface area contributed by atoms with Crippen LogP contribution in [0.25, 0.3) is 0 Å². The van der Waals surface area contributed by atoms with Crippen molar-refractivity contribution in [1.82, 2.24) is 14.9 Å². The molecule has 1 aromatic carbocycles. The summed E-state index contributed by atoms with van der Waals surface area (Å²) in [6, 6.07) is 9.62. The van der Waals surface area contributed by atoms with E-state index in [4.69, 9.17) is 4.74 Å². The molecule has 0 N–H and O–H groups in total. The first-order valence-electron chi connectivity index (χ1n) is 10.5. The van der Waals surface area contributed by atoms with Crippen molar-refractivity contribution in [2.24, 2.45) is 0 Å². The van der Waals surface area contributed by atoms with Crippen LogP contribution in [0.3, 0.4) is 0 Å². The number of aromatic nitrogens is 2. The maximum absolute atomic E-state index is 13.7. The standard InChI is InChI=1S/C23H28N4O3S/c1-22(2,3)27-18-17(14-24-20(25-18)31-4)23(19(27)28)10-12-26(13-11-23)21(29)30-15-16-8-6-5-7-9-16/h5-9,14H,10-13,15H2,1-4H3. The average molecular weight is 441 g/mol. The van der Waals surface area contributed by atoms with Crippen molar-refractivity contribution < 1.29 is 14.3 Å². The van der Waals surface area contributed by atoms with Crippen LogP contribution in [0, 0.1) is 0 Å². The lowest BCUT2D eigenvalue weighted by Gasteiger charge is -2.39. The number of nitrogens with zero attached hydrogens (tertiary/aromatic N) is 4. The second-order valence-corrected chi connectivity index (χ2v) is 9.79. The summed E-state index contributed by atoms with van der Waals surface area (Å²) in [7, 11) is 0. The summed E-state index contributed by atoms with van der Waals surface area (Å²) in [6.07, 6.45) is 4.46. The quantitative estimate of drug-likeness (QED) is 0.530. The third-order valence-corrected chi connectivity index (χ3v) is 6.58. The van der Waals surface area contributed by atoms with Crippen LogP contribution in [-0.2, 0) is 21.6 Å². The van der Waals surface area contributed by atoms with Gasteiger partial charge in [0.05, 0.1) is 5.41 Å². The molecule has 1 fully saturated rings. The Morgan fingerprint density at radius 3 is 2.48 bits per heavy atom. The molecule has 4 rings (SSSR count). The lowest BCUT2D eigenvalue weighted by molar-refractivity contribution is -0.125. The first kappa shape index (κ1) is 21.6. The number of rotatable bonds is 3. The molecule has 0 bridgehead atoms. The molecule has 1 aromatic heterocycles. The summed E-state index contributed by atoms with van der Waals surface area (Å²) in [5.41, 5.74) is 0.746. The number of carbonyl (C=O) groups is 2. The van der Waals surface area contributed by atoms with Gasteiger partial charge in [0.2, 0.25) is 5.91 Å². The van der Waals surface area contributed by atoms with E-state index in [1.165, 1.54) is 11.8 Å². The Morgan fingerprint density at radius 2 is 1.87 bits per heavy atom. The Hall–Kier alpha value is -2.61. The second kappa shape index (κ2) is 8.15. The van der Waals surface area contributed by atoms with E-state index in [2.05, 4.69) is 9.97 Å². The highest BCUT2D eigenvalue weighted by Gasteiger charge is 2.56. The molecule has 2 aliphatic heterocycles. The molecule has 0 aliphatic carbocycles. The summed E-state index contributed by atoms with van der Waals surface area (Å²) >= 11 is 1.46. The highest BCUT2D eigenvalue weighted by Crippen LogP contribution is 2.49. The summed E-state index contributed by atoms with van der Waals surface area (Å²) in [5.74, 6) is 0.761. The first-order valence-corrected chi connectivity index (χ1v) is 11.7. The fourth-order valence-corrected chi connectivity index (χ4v) is 4.71. The van der Waals surface area contributed by atoms with E-state index in [1.807, 2.05) is 62.3 Å². The number of fused-ring (bicyclic) bond motifs is 2. The molecule has 0 radical (unpaired) electrons. The Bertz CT molecular complexity index is 982. The van der Waals surface area contributed by atoms with E-state index >= 15 is 0 Å². The van der Waals surface area contributed by atoms with Crippen molar-refractivity contribution in [3.63, 3.8) is 0 Å². The number of benzene rings is 1. The van der Waals surface area contributed by atoms with Crippen LogP contribution in [0.4, 0.5) is 10.6 Å². The normalized spacial score (nSPS) is 17.7. The molecular formula is C23H28N4O3S. The molecule has 7 nitrogen and oxygen atoms in total. The number of amides is 2. The van der Waals surface area contributed by atoms with Crippen molar-refractivity contribution >= 4 is 29.6 Å². The fraction of sp³-hybridized carbons (Fsp3) is 0.478.